The molecule has 0 aromatic carbocycles. The van der Waals surface area contributed by atoms with Crippen molar-refractivity contribution in [3.63, 3.8) is 0 Å². The molecule has 0 bridgehead atoms. The largest absolute Gasteiger partial charge is 0.469 e. The second-order valence-electron chi connectivity index (χ2n) is 3.52. The highest BCUT2D eigenvalue weighted by Crippen LogP contribution is 2.04. The van der Waals surface area contributed by atoms with Crippen LogP contribution in [-0.4, -0.2) is 24.6 Å². The van der Waals surface area contributed by atoms with Crippen LogP contribution in [0.15, 0.2) is 0 Å². The van der Waals surface area contributed by atoms with Crippen molar-refractivity contribution in [3.8, 4) is 0 Å². The average Bonchev–Trinajstić information content (AvgIpc) is 2.17. The molecule has 0 heterocycles. The van der Waals surface area contributed by atoms with E-state index in [0.29, 0.717) is 32.1 Å². The highest BCUT2D eigenvalue weighted by Gasteiger charge is 2.05. The van der Waals surface area contributed by atoms with Crippen LogP contribution in [0.3, 0.4) is 0 Å². The molecule has 0 atom stereocenters. The summed E-state index contributed by atoms with van der Waals surface area (Å²) in [7, 11) is 1.33. The van der Waals surface area contributed by atoms with Crippen LogP contribution in [0.5, 0.6) is 0 Å². The van der Waals surface area contributed by atoms with Gasteiger partial charge in [0.1, 0.15) is 11.6 Å². The van der Waals surface area contributed by atoms with Crippen molar-refractivity contribution in [3.05, 3.63) is 0 Å². The summed E-state index contributed by atoms with van der Waals surface area (Å²) in [5.41, 5.74) is 0. The topological polar surface area (TPSA) is 60.4 Å². The molecule has 0 radical (unpaired) electrons. The molecule has 0 spiro atoms. The fourth-order valence-electron chi connectivity index (χ4n) is 1.19. The summed E-state index contributed by atoms with van der Waals surface area (Å²) in [5.74, 6) is -0.0657. The molecule has 0 aliphatic heterocycles. The van der Waals surface area contributed by atoms with Gasteiger partial charge in [-0.3, -0.25) is 9.59 Å². The SMILES string of the molecule is COC(=O)CCCC(=O)CCCC(C)=O. The van der Waals surface area contributed by atoms with Crippen molar-refractivity contribution >= 4 is 17.5 Å². The number of ether oxygens (including phenoxy) is 1. The monoisotopic (exact) mass is 214 g/mol. The summed E-state index contributed by atoms with van der Waals surface area (Å²) in [6.07, 6.45) is 2.73. The predicted octanol–water partition coefficient (Wildman–Crippen LogP) is 1.66. The number of methoxy groups -OCH3 is 1. The van der Waals surface area contributed by atoms with Crippen LogP contribution in [-0.2, 0) is 19.1 Å². The number of carbonyl (C=O) groups excluding carboxylic acids is 3. The second kappa shape index (κ2) is 8.15. The van der Waals surface area contributed by atoms with Crippen molar-refractivity contribution in [2.45, 2.75) is 45.4 Å². The maximum Gasteiger partial charge on any atom is 0.305 e. The van der Waals surface area contributed by atoms with Crippen molar-refractivity contribution in [1.29, 1.82) is 0 Å². The van der Waals surface area contributed by atoms with E-state index in [2.05, 4.69) is 4.74 Å². The number of hydrogen-bond donors (Lipinski definition) is 0. The number of Topliss-reactive ketones (excluding diaryl/α,β-unsaturated/α-hetero) is 2. The molecule has 15 heavy (non-hydrogen) atoms. The molecule has 0 aliphatic rings. The number of rotatable bonds is 8. The van der Waals surface area contributed by atoms with Gasteiger partial charge in [-0.15, -0.1) is 0 Å². The van der Waals surface area contributed by atoms with Crippen molar-refractivity contribution in [2.24, 2.45) is 0 Å². The Kier molecular flexibility index (Phi) is 7.50. The van der Waals surface area contributed by atoms with Crippen molar-refractivity contribution < 1.29 is 19.1 Å². The third kappa shape index (κ3) is 9.12. The maximum absolute atomic E-state index is 11.2. The summed E-state index contributed by atoms with van der Waals surface area (Å²) in [4.78, 5) is 32.5. The van der Waals surface area contributed by atoms with Crippen LogP contribution in [0.4, 0.5) is 0 Å². The molecule has 0 rings (SSSR count). The van der Waals surface area contributed by atoms with Gasteiger partial charge >= 0.3 is 5.97 Å². The highest BCUT2D eigenvalue weighted by molar-refractivity contribution is 5.80. The van der Waals surface area contributed by atoms with Crippen molar-refractivity contribution in [2.75, 3.05) is 7.11 Å². The molecule has 0 aromatic heterocycles. The molecule has 0 fully saturated rings. The van der Waals surface area contributed by atoms with Gasteiger partial charge in [-0.25, -0.2) is 0 Å². The smallest absolute Gasteiger partial charge is 0.305 e. The third-order valence-corrected chi connectivity index (χ3v) is 2.05. The van der Waals surface area contributed by atoms with E-state index in [4.69, 9.17) is 0 Å². The average molecular weight is 214 g/mol. The van der Waals surface area contributed by atoms with Gasteiger partial charge in [-0.1, -0.05) is 0 Å². The van der Waals surface area contributed by atoms with Crippen LogP contribution < -0.4 is 0 Å². The van der Waals surface area contributed by atoms with Gasteiger partial charge in [0.15, 0.2) is 0 Å². The van der Waals surface area contributed by atoms with Gasteiger partial charge in [-0.05, 0) is 19.8 Å². The lowest BCUT2D eigenvalue weighted by atomic mass is 10.1. The summed E-state index contributed by atoms with van der Waals surface area (Å²) < 4.78 is 4.45. The van der Waals surface area contributed by atoms with E-state index < -0.39 is 0 Å². The first-order valence-corrected chi connectivity index (χ1v) is 5.14. The third-order valence-electron chi connectivity index (χ3n) is 2.05. The number of ketones is 2. The van der Waals surface area contributed by atoms with E-state index in [1.165, 1.54) is 14.0 Å². The summed E-state index contributed by atoms with van der Waals surface area (Å²) in [5, 5.41) is 0. The molecule has 0 N–H and O–H groups in total. The molecule has 0 saturated heterocycles. The lowest BCUT2D eigenvalue weighted by Crippen LogP contribution is -2.03. The van der Waals surface area contributed by atoms with Gasteiger partial charge < -0.3 is 9.53 Å². The van der Waals surface area contributed by atoms with Crippen LogP contribution >= 0.6 is 0 Å². The standard InChI is InChI=1S/C11H18O4/c1-9(12)5-3-6-10(13)7-4-8-11(14)15-2/h3-8H2,1-2H3. The van der Waals surface area contributed by atoms with Gasteiger partial charge in [0, 0.05) is 25.7 Å². The minimum Gasteiger partial charge on any atom is -0.469 e. The zero-order valence-corrected chi connectivity index (χ0v) is 9.38. The predicted molar refractivity (Wildman–Crippen MR) is 55.4 cm³/mol. The highest BCUT2D eigenvalue weighted by atomic mass is 16.5. The number of esters is 1. The van der Waals surface area contributed by atoms with Crippen LogP contribution in [0.2, 0.25) is 0 Å². The summed E-state index contributed by atoms with van der Waals surface area (Å²) in [6.45, 7) is 1.52. The van der Waals surface area contributed by atoms with Crippen LogP contribution in [0.25, 0.3) is 0 Å². The van der Waals surface area contributed by atoms with Crippen LogP contribution in [0, 0.1) is 0 Å². The fourth-order valence-corrected chi connectivity index (χ4v) is 1.19. The quantitative estimate of drug-likeness (QED) is 0.576. The van der Waals surface area contributed by atoms with E-state index in [1.807, 2.05) is 0 Å². The lowest BCUT2D eigenvalue weighted by molar-refractivity contribution is -0.140. The van der Waals surface area contributed by atoms with Gasteiger partial charge in [0.25, 0.3) is 0 Å². The summed E-state index contributed by atoms with van der Waals surface area (Å²) >= 11 is 0. The molecule has 4 heteroatoms. The lowest BCUT2D eigenvalue weighted by Gasteiger charge is -1.99. The van der Waals surface area contributed by atoms with Crippen LogP contribution in [0.1, 0.15) is 45.4 Å². The molecule has 0 aliphatic carbocycles. The van der Waals surface area contributed by atoms with E-state index in [-0.39, 0.29) is 24.0 Å². The Morgan fingerprint density at radius 3 is 1.93 bits per heavy atom. The first kappa shape index (κ1) is 13.8. The first-order chi connectivity index (χ1) is 7.06. The van der Waals surface area contributed by atoms with Gasteiger partial charge in [0.2, 0.25) is 0 Å². The zero-order chi connectivity index (χ0) is 11.7. The molecule has 4 nitrogen and oxygen atoms in total. The molecule has 0 amide bonds. The van der Waals surface area contributed by atoms with Crippen molar-refractivity contribution in [1.82, 2.24) is 0 Å². The van der Waals surface area contributed by atoms with Gasteiger partial charge in [-0.2, -0.15) is 0 Å². The molecular weight excluding hydrogens is 196 g/mol. The second-order valence-corrected chi connectivity index (χ2v) is 3.52. The Hall–Kier alpha value is -1.19. The minimum atomic E-state index is -0.286. The van der Waals surface area contributed by atoms with E-state index in [9.17, 15) is 14.4 Å². The molecule has 0 aromatic rings. The van der Waals surface area contributed by atoms with Gasteiger partial charge in [0.05, 0.1) is 7.11 Å². The van der Waals surface area contributed by atoms with E-state index in [1.54, 1.807) is 0 Å². The normalized spacial score (nSPS) is 9.73. The molecular formula is C11H18O4. The number of hydrogen-bond acceptors (Lipinski definition) is 4. The fraction of sp³-hybridized carbons (Fsp3) is 0.727. The molecule has 86 valence electrons. The Morgan fingerprint density at radius 2 is 1.47 bits per heavy atom. The minimum absolute atomic E-state index is 0.109. The molecule has 0 unspecified atom stereocenters. The molecule has 0 saturated carbocycles. The Balaban J connectivity index is 3.41. The zero-order valence-electron chi connectivity index (χ0n) is 9.38. The number of carbonyl (C=O) groups is 3. The summed E-state index contributed by atoms with van der Waals surface area (Å²) in [6, 6.07) is 0. The Morgan fingerprint density at radius 1 is 0.933 bits per heavy atom. The maximum atomic E-state index is 11.2. The van der Waals surface area contributed by atoms with E-state index >= 15 is 0 Å². The first-order valence-electron chi connectivity index (χ1n) is 5.14. The Labute approximate surface area is 90.0 Å². The van der Waals surface area contributed by atoms with E-state index in [0.717, 1.165) is 0 Å². The Bertz CT molecular complexity index is 233.